The summed E-state index contributed by atoms with van der Waals surface area (Å²) in [5.74, 6) is -3.25. The summed E-state index contributed by atoms with van der Waals surface area (Å²) in [7, 11) is 0. The van der Waals surface area contributed by atoms with E-state index in [1.165, 1.54) is 5.56 Å². The third kappa shape index (κ3) is 4.33. The molecule has 25 heavy (non-hydrogen) atoms. The van der Waals surface area contributed by atoms with Crippen LogP contribution in [0.4, 0.5) is 14.5 Å². The maximum atomic E-state index is 14.0. The van der Waals surface area contributed by atoms with Crippen LogP contribution in [-0.4, -0.2) is 35.1 Å². The van der Waals surface area contributed by atoms with Crippen molar-refractivity contribution in [2.24, 2.45) is 0 Å². The van der Waals surface area contributed by atoms with Crippen molar-refractivity contribution in [3.05, 3.63) is 65.2 Å². The Balaban J connectivity index is 1.68. The zero-order valence-corrected chi connectivity index (χ0v) is 13.7. The zero-order valence-electron chi connectivity index (χ0n) is 13.7. The maximum absolute atomic E-state index is 14.0. The number of carboxylic acid groups (broad SMARTS) is 1. The highest BCUT2D eigenvalue weighted by Gasteiger charge is 2.22. The first-order valence-corrected chi connectivity index (χ1v) is 8.28. The summed E-state index contributed by atoms with van der Waals surface area (Å²) in [5, 5.41) is 12.0. The van der Waals surface area contributed by atoms with Crippen LogP contribution < -0.4 is 5.32 Å². The molecule has 0 radical (unpaired) electrons. The van der Waals surface area contributed by atoms with Crippen molar-refractivity contribution in [3.63, 3.8) is 0 Å². The highest BCUT2D eigenvalue weighted by atomic mass is 19.1. The molecule has 0 aromatic heterocycles. The molecule has 2 N–H and O–H groups in total. The number of likely N-dealkylation sites (tertiary alicyclic amines) is 1. The van der Waals surface area contributed by atoms with E-state index in [0.29, 0.717) is 12.6 Å². The zero-order chi connectivity index (χ0) is 17.8. The smallest absolute Gasteiger partial charge is 0.338 e. The number of carboxylic acids is 1. The van der Waals surface area contributed by atoms with Gasteiger partial charge in [0, 0.05) is 25.2 Å². The quantitative estimate of drug-likeness (QED) is 0.866. The van der Waals surface area contributed by atoms with Crippen LogP contribution in [0.3, 0.4) is 0 Å². The summed E-state index contributed by atoms with van der Waals surface area (Å²) in [6, 6.07) is 11.7. The van der Waals surface area contributed by atoms with Crippen molar-refractivity contribution in [2.75, 3.05) is 18.4 Å². The molecule has 2 aromatic rings. The summed E-state index contributed by atoms with van der Waals surface area (Å²) in [4.78, 5) is 13.3. The summed E-state index contributed by atoms with van der Waals surface area (Å²) in [6.45, 7) is 2.48. The van der Waals surface area contributed by atoms with Gasteiger partial charge in [-0.3, -0.25) is 4.90 Å². The minimum absolute atomic E-state index is 0.0148. The van der Waals surface area contributed by atoms with E-state index in [-0.39, 0.29) is 11.7 Å². The van der Waals surface area contributed by atoms with Gasteiger partial charge in [-0.25, -0.2) is 13.6 Å². The van der Waals surface area contributed by atoms with Gasteiger partial charge < -0.3 is 10.4 Å². The van der Waals surface area contributed by atoms with Gasteiger partial charge in [-0.05, 0) is 31.0 Å². The molecular weight excluding hydrogens is 326 g/mol. The van der Waals surface area contributed by atoms with Crippen LogP contribution in [-0.2, 0) is 6.54 Å². The standard InChI is InChI=1S/C19H20F2N2O2/c20-16-10-17(21)18(9-15(16)19(24)25)22-14-7-4-8-23(12-14)11-13-5-2-1-3-6-13/h1-3,5-6,9-10,14,22H,4,7-8,11-12H2,(H,24,25). The Hall–Kier alpha value is -2.47. The second-order valence-electron chi connectivity index (χ2n) is 6.32. The van der Waals surface area contributed by atoms with Gasteiger partial charge in [0.25, 0.3) is 0 Å². The Morgan fingerprint density at radius 2 is 1.96 bits per heavy atom. The third-order valence-corrected chi connectivity index (χ3v) is 4.40. The first-order chi connectivity index (χ1) is 12.0. The summed E-state index contributed by atoms with van der Waals surface area (Å²) >= 11 is 0. The Kier molecular flexibility index (Phi) is 5.28. The van der Waals surface area contributed by atoms with E-state index in [4.69, 9.17) is 5.11 Å². The van der Waals surface area contributed by atoms with Crippen LogP contribution in [0, 0.1) is 11.6 Å². The number of carbonyl (C=O) groups is 1. The molecule has 1 aliphatic heterocycles. The number of anilines is 1. The van der Waals surface area contributed by atoms with E-state index in [0.717, 1.165) is 32.0 Å². The van der Waals surface area contributed by atoms with E-state index >= 15 is 0 Å². The molecule has 0 amide bonds. The minimum Gasteiger partial charge on any atom is -0.478 e. The SMILES string of the molecule is O=C(O)c1cc(NC2CCCN(Cc3ccccc3)C2)c(F)cc1F. The number of aromatic carboxylic acids is 1. The monoisotopic (exact) mass is 346 g/mol. The number of nitrogens with zero attached hydrogens (tertiary/aromatic N) is 1. The second kappa shape index (κ2) is 7.61. The highest BCUT2D eigenvalue weighted by Crippen LogP contribution is 2.23. The van der Waals surface area contributed by atoms with Gasteiger partial charge in [0.15, 0.2) is 0 Å². The number of benzene rings is 2. The number of piperidine rings is 1. The van der Waals surface area contributed by atoms with Crippen LogP contribution in [0.15, 0.2) is 42.5 Å². The lowest BCUT2D eigenvalue weighted by atomic mass is 10.0. The predicted octanol–water partition coefficient (Wildman–Crippen LogP) is 3.74. The Labute approximate surface area is 145 Å². The van der Waals surface area contributed by atoms with Gasteiger partial charge >= 0.3 is 5.97 Å². The fourth-order valence-electron chi connectivity index (χ4n) is 3.20. The first-order valence-electron chi connectivity index (χ1n) is 8.28. The number of halogens is 2. The van der Waals surface area contributed by atoms with Crippen LogP contribution in [0.5, 0.6) is 0 Å². The summed E-state index contributed by atoms with van der Waals surface area (Å²) < 4.78 is 27.5. The predicted molar refractivity (Wildman–Crippen MR) is 91.7 cm³/mol. The molecule has 4 nitrogen and oxygen atoms in total. The van der Waals surface area contributed by atoms with Crippen LogP contribution in [0.25, 0.3) is 0 Å². The lowest BCUT2D eigenvalue weighted by molar-refractivity contribution is 0.0692. The van der Waals surface area contributed by atoms with Gasteiger partial charge in [0.2, 0.25) is 0 Å². The van der Waals surface area contributed by atoms with Crippen molar-refractivity contribution in [1.82, 2.24) is 4.90 Å². The van der Waals surface area contributed by atoms with Gasteiger partial charge in [0.1, 0.15) is 11.6 Å². The lowest BCUT2D eigenvalue weighted by Crippen LogP contribution is -2.41. The van der Waals surface area contributed by atoms with E-state index in [1.807, 2.05) is 18.2 Å². The van der Waals surface area contributed by atoms with Crippen LogP contribution >= 0.6 is 0 Å². The van der Waals surface area contributed by atoms with Crippen molar-refractivity contribution < 1.29 is 18.7 Å². The molecule has 1 unspecified atom stereocenters. The Morgan fingerprint density at radius 1 is 1.20 bits per heavy atom. The molecular formula is C19H20F2N2O2. The van der Waals surface area contributed by atoms with Gasteiger partial charge in [-0.1, -0.05) is 30.3 Å². The highest BCUT2D eigenvalue weighted by molar-refractivity contribution is 5.89. The first kappa shape index (κ1) is 17.4. The third-order valence-electron chi connectivity index (χ3n) is 4.40. The number of rotatable bonds is 5. The van der Waals surface area contributed by atoms with Crippen molar-refractivity contribution in [3.8, 4) is 0 Å². The van der Waals surface area contributed by atoms with E-state index in [2.05, 4.69) is 22.3 Å². The maximum Gasteiger partial charge on any atom is 0.338 e. The van der Waals surface area contributed by atoms with Crippen LogP contribution in [0.1, 0.15) is 28.8 Å². The topological polar surface area (TPSA) is 52.6 Å². The average molecular weight is 346 g/mol. The molecule has 1 heterocycles. The molecule has 0 aliphatic carbocycles. The largest absolute Gasteiger partial charge is 0.478 e. The second-order valence-corrected chi connectivity index (χ2v) is 6.32. The molecule has 1 saturated heterocycles. The average Bonchev–Trinajstić information content (AvgIpc) is 2.58. The Morgan fingerprint density at radius 3 is 2.68 bits per heavy atom. The Bertz CT molecular complexity index is 753. The van der Waals surface area contributed by atoms with E-state index in [9.17, 15) is 13.6 Å². The van der Waals surface area contributed by atoms with Crippen LogP contribution in [0.2, 0.25) is 0 Å². The number of hydrogen-bond acceptors (Lipinski definition) is 3. The van der Waals surface area contributed by atoms with Gasteiger partial charge in [-0.2, -0.15) is 0 Å². The molecule has 0 saturated carbocycles. The van der Waals surface area contributed by atoms with Crippen molar-refractivity contribution in [2.45, 2.75) is 25.4 Å². The normalized spacial score (nSPS) is 18.1. The molecule has 3 rings (SSSR count). The molecule has 0 spiro atoms. The van der Waals surface area contributed by atoms with Crippen molar-refractivity contribution in [1.29, 1.82) is 0 Å². The molecule has 1 aliphatic rings. The fourth-order valence-corrected chi connectivity index (χ4v) is 3.20. The summed E-state index contributed by atoms with van der Waals surface area (Å²) in [6.07, 6.45) is 1.81. The molecule has 1 fully saturated rings. The van der Waals surface area contributed by atoms with Gasteiger partial charge in [0.05, 0.1) is 11.3 Å². The fraction of sp³-hybridized carbons (Fsp3) is 0.316. The van der Waals surface area contributed by atoms with Gasteiger partial charge in [-0.15, -0.1) is 0 Å². The van der Waals surface area contributed by atoms with Crippen molar-refractivity contribution >= 4 is 11.7 Å². The van der Waals surface area contributed by atoms with E-state index < -0.39 is 23.2 Å². The number of hydrogen-bond donors (Lipinski definition) is 2. The molecule has 1 atom stereocenters. The minimum atomic E-state index is -1.41. The molecule has 0 bridgehead atoms. The molecule has 6 heteroatoms. The lowest BCUT2D eigenvalue weighted by Gasteiger charge is -2.33. The van der Waals surface area contributed by atoms with E-state index in [1.54, 1.807) is 0 Å². The number of nitrogens with one attached hydrogen (secondary N) is 1. The summed E-state index contributed by atoms with van der Waals surface area (Å²) in [5.41, 5.74) is 0.718. The molecule has 2 aromatic carbocycles. The molecule has 132 valence electrons.